The summed E-state index contributed by atoms with van der Waals surface area (Å²) in [6.45, 7) is 0. The Bertz CT molecular complexity index is 186. The Morgan fingerprint density at radius 3 is 2.44 bits per heavy atom. The Morgan fingerprint density at radius 2 is 1.89 bits per heavy atom. The molecule has 0 fully saturated rings. The van der Waals surface area contributed by atoms with Gasteiger partial charge in [-0.15, -0.1) is 4.91 Å². The zero-order valence-corrected chi connectivity index (χ0v) is 4.65. The second-order valence-corrected chi connectivity index (χ2v) is 1.48. The Kier molecular flexibility index (Phi) is 1.80. The lowest BCUT2D eigenvalue weighted by atomic mass is 10.3. The summed E-state index contributed by atoms with van der Waals surface area (Å²) in [6, 6.07) is 8.67. The molecule has 0 saturated heterocycles. The summed E-state index contributed by atoms with van der Waals surface area (Å²) in [7, 11) is 0. The van der Waals surface area contributed by atoms with Crippen molar-refractivity contribution >= 4 is 0 Å². The van der Waals surface area contributed by atoms with Crippen LogP contribution in [0.2, 0.25) is 0 Å². The fraction of sp³-hybridized carbons (Fsp3) is 0. The van der Waals surface area contributed by atoms with E-state index in [0.717, 1.165) is 0 Å². The van der Waals surface area contributed by atoms with Crippen LogP contribution in [0.4, 0.5) is 0 Å². The lowest BCUT2D eigenvalue weighted by Crippen LogP contribution is -1.76. The fourth-order valence-corrected chi connectivity index (χ4v) is 0.524. The Labute approximate surface area is 52.2 Å². The van der Waals surface area contributed by atoms with Crippen LogP contribution in [-0.4, -0.2) is 0 Å². The third-order valence-electron chi connectivity index (χ3n) is 0.886. The highest BCUT2D eigenvalue weighted by atomic mass is 16.7. The van der Waals surface area contributed by atoms with Crippen molar-refractivity contribution in [3.8, 4) is 5.75 Å². The van der Waals surface area contributed by atoms with Crippen molar-refractivity contribution < 1.29 is 4.84 Å². The highest BCUT2D eigenvalue weighted by Crippen LogP contribution is 2.07. The van der Waals surface area contributed by atoms with E-state index < -0.39 is 0 Å². The summed E-state index contributed by atoms with van der Waals surface area (Å²) in [6.07, 6.45) is 0. The molecular weight excluding hydrogens is 118 g/mol. The minimum Gasteiger partial charge on any atom is -0.324 e. The quantitative estimate of drug-likeness (QED) is 0.443. The molecule has 3 heteroatoms. The number of nitrogens with zero attached hydrogens (tertiary/aromatic N) is 1. The van der Waals surface area contributed by atoms with Gasteiger partial charge in [-0.2, -0.15) is 0 Å². The van der Waals surface area contributed by atoms with Gasteiger partial charge in [-0.1, -0.05) is 18.2 Å². The minimum absolute atomic E-state index is 0.465. The summed E-state index contributed by atoms with van der Waals surface area (Å²) < 4.78 is 0. The maximum Gasteiger partial charge on any atom is 0.161 e. The molecular formula is C6H5NO2. The van der Waals surface area contributed by atoms with E-state index in [1.807, 2.05) is 6.07 Å². The highest BCUT2D eigenvalue weighted by molar-refractivity contribution is 5.20. The molecule has 0 aromatic heterocycles. The van der Waals surface area contributed by atoms with E-state index in [9.17, 15) is 4.91 Å². The Hall–Kier alpha value is -1.38. The molecule has 0 aliphatic rings. The zero-order valence-electron chi connectivity index (χ0n) is 4.65. The van der Waals surface area contributed by atoms with Crippen LogP contribution in [0.5, 0.6) is 5.75 Å². The van der Waals surface area contributed by atoms with E-state index in [1.165, 1.54) is 0 Å². The van der Waals surface area contributed by atoms with Gasteiger partial charge in [-0.05, 0) is 12.1 Å². The first-order valence-electron chi connectivity index (χ1n) is 2.48. The lowest BCUT2D eigenvalue weighted by molar-refractivity contribution is 0.335. The summed E-state index contributed by atoms with van der Waals surface area (Å²) in [5.74, 6) is 0.465. The number of hydrogen-bond donors (Lipinski definition) is 0. The molecule has 0 spiro atoms. The molecule has 9 heavy (non-hydrogen) atoms. The summed E-state index contributed by atoms with van der Waals surface area (Å²) in [5.41, 5.74) is 0. The van der Waals surface area contributed by atoms with Crippen LogP contribution in [0.25, 0.3) is 0 Å². The maximum atomic E-state index is 9.50. The number of rotatable bonds is 2. The first-order chi connectivity index (χ1) is 4.43. The van der Waals surface area contributed by atoms with E-state index in [1.54, 1.807) is 24.3 Å². The molecule has 1 aromatic carbocycles. The molecule has 0 heterocycles. The molecule has 0 bridgehead atoms. The van der Waals surface area contributed by atoms with E-state index in [4.69, 9.17) is 0 Å². The first kappa shape index (κ1) is 5.75. The average molecular weight is 123 g/mol. The first-order valence-corrected chi connectivity index (χ1v) is 2.48. The molecule has 1 aromatic rings. The molecule has 0 saturated carbocycles. The highest BCUT2D eigenvalue weighted by Gasteiger charge is 1.86. The van der Waals surface area contributed by atoms with Gasteiger partial charge in [0.05, 0.1) is 0 Å². The van der Waals surface area contributed by atoms with Crippen molar-refractivity contribution in [2.24, 2.45) is 5.34 Å². The molecule has 1 rings (SSSR count). The van der Waals surface area contributed by atoms with Crippen LogP contribution < -0.4 is 4.84 Å². The predicted octanol–water partition coefficient (Wildman–Crippen LogP) is 1.75. The SMILES string of the molecule is O=NOc1ccccc1. The van der Waals surface area contributed by atoms with E-state index in [2.05, 4.69) is 10.2 Å². The molecule has 0 N–H and O–H groups in total. The standard InChI is InChI=1S/C6H5NO2/c8-7-9-6-4-2-1-3-5-6/h1-5H. The Morgan fingerprint density at radius 1 is 1.22 bits per heavy atom. The number of benzene rings is 1. The van der Waals surface area contributed by atoms with Gasteiger partial charge in [0.2, 0.25) is 0 Å². The second kappa shape index (κ2) is 2.81. The monoisotopic (exact) mass is 123 g/mol. The van der Waals surface area contributed by atoms with Crippen molar-refractivity contribution in [1.29, 1.82) is 0 Å². The van der Waals surface area contributed by atoms with Crippen LogP contribution in [0.3, 0.4) is 0 Å². The zero-order chi connectivity index (χ0) is 6.53. The molecule has 0 unspecified atom stereocenters. The third-order valence-corrected chi connectivity index (χ3v) is 0.886. The molecule has 3 nitrogen and oxygen atoms in total. The van der Waals surface area contributed by atoms with E-state index in [-0.39, 0.29) is 0 Å². The topological polar surface area (TPSA) is 38.7 Å². The molecule has 0 atom stereocenters. The van der Waals surface area contributed by atoms with Gasteiger partial charge in [0.15, 0.2) is 11.1 Å². The summed E-state index contributed by atoms with van der Waals surface area (Å²) >= 11 is 0. The third kappa shape index (κ3) is 1.53. The summed E-state index contributed by atoms with van der Waals surface area (Å²) in [4.78, 5) is 13.8. The predicted molar refractivity (Wildman–Crippen MR) is 32.9 cm³/mol. The Balaban J connectivity index is 2.72. The largest absolute Gasteiger partial charge is 0.324 e. The molecule has 0 amide bonds. The van der Waals surface area contributed by atoms with Crippen LogP contribution in [-0.2, 0) is 0 Å². The van der Waals surface area contributed by atoms with Crippen LogP contribution >= 0.6 is 0 Å². The van der Waals surface area contributed by atoms with Crippen molar-refractivity contribution in [1.82, 2.24) is 0 Å². The van der Waals surface area contributed by atoms with Gasteiger partial charge in [-0.25, -0.2) is 0 Å². The van der Waals surface area contributed by atoms with Gasteiger partial charge in [-0.3, -0.25) is 0 Å². The number of para-hydroxylation sites is 1. The van der Waals surface area contributed by atoms with Crippen molar-refractivity contribution in [3.63, 3.8) is 0 Å². The van der Waals surface area contributed by atoms with Crippen LogP contribution in [0, 0.1) is 4.91 Å². The molecule has 0 aliphatic heterocycles. The van der Waals surface area contributed by atoms with Gasteiger partial charge in [0.1, 0.15) is 0 Å². The minimum atomic E-state index is 0.465. The molecule has 0 radical (unpaired) electrons. The van der Waals surface area contributed by atoms with Crippen molar-refractivity contribution in [3.05, 3.63) is 35.2 Å². The van der Waals surface area contributed by atoms with Crippen molar-refractivity contribution in [2.75, 3.05) is 0 Å². The van der Waals surface area contributed by atoms with E-state index >= 15 is 0 Å². The smallest absolute Gasteiger partial charge is 0.161 e. The maximum absolute atomic E-state index is 9.50. The second-order valence-electron chi connectivity index (χ2n) is 1.48. The van der Waals surface area contributed by atoms with Gasteiger partial charge in [0, 0.05) is 0 Å². The number of hydrogen-bond acceptors (Lipinski definition) is 3. The van der Waals surface area contributed by atoms with Crippen LogP contribution in [0.1, 0.15) is 0 Å². The van der Waals surface area contributed by atoms with Crippen molar-refractivity contribution in [2.45, 2.75) is 0 Å². The lowest BCUT2D eigenvalue weighted by Gasteiger charge is -1.89. The summed E-state index contributed by atoms with van der Waals surface area (Å²) in [5, 5.41) is 2.26. The molecule has 46 valence electrons. The normalized spacial score (nSPS) is 8.44. The fourth-order valence-electron chi connectivity index (χ4n) is 0.524. The average Bonchev–Trinajstić information content (AvgIpc) is 1.91. The van der Waals surface area contributed by atoms with Gasteiger partial charge in [0.25, 0.3) is 0 Å². The van der Waals surface area contributed by atoms with Crippen LogP contribution in [0.15, 0.2) is 35.7 Å². The van der Waals surface area contributed by atoms with Gasteiger partial charge < -0.3 is 4.84 Å². The van der Waals surface area contributed by atoms with E-state index in [0.29, 0.717) is 5.75 Å². The molecule has 0 aliphatic carbocycles. The van der Waals surface area contributed by atoms with Gasteiger partial charge >= 0.3 is 0 Å².